The van der Waals surface area contributed by atoms with Crippen LogP contribution < -0.4 is 0 Å². The highest BCUT2D eigenvalue weighted by molar-refractivity contribution is 5.90. The van der Waals surface area contributed by atoms with Gasteiger partial charge in [0.05, 0.1) is 17.1 Å². The lowest BCUT2D eigenvalue weighted by molar-refractivity contribution is 0.961. The number of nitrogens with zero attached hydrogens (tertiary/aromatic N) is 3. The van der Waals surface area contributed by atoms with Gasteiger partial charge in [0, 0.05) is 43.5 Å². The van der Waals surface area contributed by atoms with Gasteiger partial charge in [0.2, 0.25) is 0 Å². The van der Waals surface area contributed by atoms with Crippen molar-refractivity contribution in [1.82, 2.24) is 15.0 Å². The van der Waals surface area contributed by atoms with Crippen molar-refractivity contribution in [1.29, 1.82) is 0 Å². The molecule has 11 aromatic rings. The zero-order valence-corrected chi connectivity index (χ0v) is 40.3. The number of aryl methyl sites for hydroxylation is 6. The molecule has 0 saturated carbocycles. The highest BCUT2D eigenvalue weighted by Crippen LogP contribution is 2.40. The smallest absolute Gasteiger partial charge is 0.0708 e. The normalized spacial score (nSPS) is 12.8. The molecular formula is C69H55N3. The van der Waals surface area contributed by atoms with E-state index < -0.39 is 13.7 Å². The Hall–Kier alpha value is -8.79. The van der Waals surface area contributed by atoms with Crippen LogP contribution in [0.2, 0.25) is 0 Å². The first-order chi connectivity index (χ1) is 37.7. The summed E-state index contributed by atoms with van der Waals surface area (Å²) in [5.41, 5.74) is 23.8. The van der Waals surface area contributed by atoms with Gasteiger partial charge in [-0.05, 0) is 177 Å². The Kier molecular flexibility index (Phi) is 11.0. The summed E-state index contributed by atoms with van der Waals surface area (Å²) in [7, 11) is 0. The van der Waals surface area contributed by atoms with Crippen LogP contribution in [-0.2, 0) is 12.8 Å². The molecule has 0 spiro atoms. The molecule has 0 aliphatic carbocycles. The zero-order chi connectivity index (χ0) is 54.0. The van der Waals surface area contributed by atoms with Crippen molar-refractivity contribution in [3.8, 4) is 101 Å². The van der Waals surface area contributed by atoms with Crippen LogP contribution in [-0.4, -0.2) is 15.0 Å². The van der Waals surface area contributed by atoms with E-state index in [-0.39, 0.29) is 11.1 Å². The summed E-state index contributed by atoms with van der Waals surface area (Å²) in [6, 6.07) is 75.2. The standard InChI is InChI=1S/C69H55N3/c1-46-34-36-70-68(38-46)57-31-27-54(28-32-57)62-15-9-11-17-64(62)60-42-51(41-59(43-60)63-16-10-8-14-61(63)53-25-29-55(30-26-53)67-33-18-47(2)45-72-67)20-19-50-21-23-56(24-22-50)69-44-58(35-37-71-69)66-40-48(3)65(39-49(66)4)52-12-6-5-7-13-52/h5-18,21-45H,19-20H2,1-4H3/i1D3,2D3. The summed E-state index contributed by atoms with van der Waals surface area (Å²) < 4.78 is 47.1. The van der Waals surface area contributed by atoms with E-state index in [2.05, 4.69) is 194 Å². The highest BCUT2D eigenvalue weighted by Gasteiger charge is 2.16. The summed E-state index contributed by atoms with van der Waals surface area (Å²) in [6.07, 6.45) is 6.53. The SMILES string of the molecule is [2H]C([2H])([2H])c1ccc(-c2ccc(-c3ccccc3-c3cc(CCc4ccc(-c5cc(-c6cc(C)c(-c7ccccc7)cc6C)ccn5)cc4)cc(-c4ccccc4-c4ccc(-c5cc(C([2H])([2H])[2H])ccn5)cc4)c3)cc2)nc1. The molecule has 8 aromatic carbocycles. The largest absolute Gasteiger partial charge is 0.256 e. The minimum absolute atomic E-state index is 0.215. The lowest BCUT2D eigenvalue weighted by Crippen LogP contribution is -1.96. The van der Waals surface area contributed by atoms with E-state index in [4.69, 9.17) is 13.2 Å². The molecule has 0 unspecified atom stereocenters. The number of benzene rings is 8. The van der Waals surface area contributed by atoms with Crippen LogP contribution >= 0.6 is 0 Å². The van der Waals surface area contributed by atoms with E-state index in [0.717, 1.165) is 85.3 Å². The molecule has 0 fully saturated rings. The van der Waals surface area contributed by atoms with Gasteiger partial charge >= 0.3 is 0 Å². The predicted octanol–water partition coefficient (Wildman–Crippen LogP) is 17.9. The summed E-state index contributed by atoms with van der Waals surface area (Å²) in [5, 5.41) is 0. The van der Waals surface area contributed by atoms with Gasteiger partial charge in [-0.3, -0.25) is 15.0 Å². The molecule has 346 valence electrons. The fourth-order valence-corrected chi connectivity index (χ4v) is 9.86. The first kappa shape index (κ1) is 39.0. The first-order valence-corrected chi connectivity index (χ1v) is 24.4. The van der Waals surface area contributed by atoms with E-state index in [0.29, 0.717) is 11.4 Å². The van der Waals surface area contributed by atoms with Gasteiger partial charge in [0.15, 0.2) is 0 Å². The second kappa shape index (κ2) is 20.3. The van der Waals surface area contributed by atoms with E-state index in [1.807, 2.05) is 30.5 Å². The average molecular weight is 932 g/mol. The third-order valence-electron chi connectivity index (χ3n) is 13.7. The van der Waals surface area contributed by atoms with Gasteiger partial charge in [-0.15, -0.1) is 0 Å². The van der Waals surface area contributed by atoms with Crippen molar-refractivity contribution < 1.29 is 8.22 Å². The van der Waals surface area contributed by atoms with E-state index in [1.165, 1.54) is 45.1 Å². The van der Waals surface area contributed by atoms with Gasteiger partial charge in [-0.1, -0.05) is 182 Å². The lowest BCUT2D eigenvalue weighted by Gasteiger charge is -2.17. The summed E-state index contributed by atoms with van der Waals surface area (Å²) in [4.78, 5) is 13.8. The Labute approximate surface area is 432 Å². The maximum atomic E-state index is 7.94. The predicted molar refractivity (Wildman–Crippen MR) is 302 cm³/mol. The summed E-state index contributed by atoms with van der Waals surface area (Å²) >= 11 is 0. The number of pyridine rings is 3. The van der Waals surface area contributed by atoms with Gasteiger partial charge in [0.1, 0.15) is 0 Å². The fraction of sp³-hybridized carbons (Fsp3) is 0.0870. The third-order valence-corrected chi connectivity index (χ3v) is 13.7. The maximum absolute atomic E-state index is 7.94. The zero-order valence-electron chi connectivity index (χ0n) is 46.3. The van der Waals surface area contributed by atoms with Crippen LogP contribution in [0.5, 0.6) is 0 Å². The minimum Gasteiger partial charge on any atom is -0.256 e. The Morgan fingerprint density at radius 3 is 1.35 bits per heavy atom. The fourth-order valence-electron chi connectivity index (χ4n) is 9.86. The van der Waals surface area contributed by atoms with Crippen molar-refractivity contribution in [3.05, 3.63) is 270 Å². The molecule has 0 amide bonds. The molecule has 0 bridgehead atoms. The first-order valence-electron chi connectivity index (χ1n) is 27.4. The lowest BCUT2D eigenvalue weighted by atomic mass is 9.87. The second-order valence-corrected chi connectivity index (χ2v) is 18.5. The van der Waals surface area contributed by atoms with Crippen molar-refractivity contribution in [2.24, 2.45) is 0 Å². The quantitative estimate of drug-likeness (QED) is 0.123. The van der Waals surface area contributed by atoms with Crippen LogP contribution in [0, 0.1) is 27.6 Å². The number of aromatic nitrogens is 3. The van der Waals surface area contributed by atoms with Crippen LogP contribution in [0.4, 0.5) is 0 Å². The third kappa shape index (κ3) is 9.83. The van der Waals surface area contributed by atoms with E-state index in [1.54, 1.807) is 30.5 Å². The second-order valence-electron chi connectivity index (χ2n) is 18.5. The average Bonchev–Trinajstić information content (AvgIpc) is 3.50. The van der Waals surface area contributed by atoms with Crippen molar-refractivity contribution in [3.63, 3.8) is 0 Å². The number of rotatable bonds is 12. The molecule has 3 nitrogen and oxygen atoms in total. The molecule has 3 aromatic heterocycles. The molecule has 0 aliphatic rings. The molecule has 0 aliphatic heterocycles. The molecule has 11 rings (SSSR count). The van der Waals surface area contributed by atoms with Gasteiger partial charge in [-0.25, -0.2) is 0 Å². The number of hydrogen-bond donors (Lipinski definition) is 0. The number of hydrogen-bond acceptors (Lipinski definition) is 3. The van der Waals surface area contributed by atoms with Crippen LogP contribution in [0.3, 0.4) is 0 Å². The Morgan fingerprint density at radius 1 is 0.306 bits per heavy atom. The molecule has 0 radical (unpaired) electrons. The molecular weight excluding hydrogens is 871 g/mol. The van der Waals surface area contributed by atoms with Gasteiger partial charge in [0.25, 0.3) is 0 Å². The molecule has 3 heterocycles. The molecule has 3 heteroatoms. The summed E-state index contributed by atoms with van der Waals surface area (Å²) in [5.74, 6) is 0. The van der Waals surface area contributed by atoms with Crippen LogP contribution in [0.15, 0.2) is 237 Å². The maximum Gasteiger partial charge on any atom is 0.0708 e. The summed E-state index contributed by atoms with van der Waals surface area (Å²) in [6.45, 7) is -0.0692. The molecule has 0 saturated heterocycles. The van der Waals surface area contributed by atoms with Crippen LogP contribution in [0.25, 0.3) is 101 Å². The van der Waals surface area contributed by atoms with E-state index in [9.17, 15) is 0 Å². The van der Waals surface area contributed by atoms with Crippen molar-refractivity contribution in [2.45, 2.75) is 40.4 Å². The van der Waals surface area contributed by atoms with E-state index >= 15 is 0 Å². The topological polar surface area (TPSA) is 38.7 Å². The molecule has 0 N–H and O–H groups in total. The Morgan fingerprint density at radius 2 is 0.778 bits per heavy atom. The van der Waals surface area contributed by atoms with Gasteiger partial charge in [-0.2, -0.15) is 0 Å². The van der Waals surface area contributed by atoms with Crippen molar-refractivity contribution in [2.75, 3.05) is 0 Å². The van der Waals surface area contributed by atoms with Crippen LogP contribution in [0.1, 0.15) is 41.6 Å². The Balaban J connectivity index is 0.910. The molecule has 72 heavy (non-hydrogen) atoms. The monoisotopic (exact) mass is 931 g/mol. The minimum atomic E-state index is -2.22. The highest BCUT2D eigenvalue weighted by atomic mass is 14.7. The Bertz CT molecular complexity index is 3920. The van der Waals surface area contributed by atoms with Gasteiger partial charge < -0.3 is 0 Å². The van der Waals surface area contributed by atoms with Crippen molar-refractivity contribution >= 4 is 0 Å². The molecule has 0 atom stereocenters.